The zero-order valence-electron chi connectivity index (χ0n) is 15.5. The van der Waals surface area contributed by atoms with E-state index in [4.69, 9.17) is 4.98 Å². The Morgan fingerprint density at radius 2 is 1.59 bits per heavy atom. The van der Waals surface area contributed by atoms with Crippen LogP contribution in [0.5, 0.6) is 0 Å². The Balaban J connectivity index is 1.72. The number of nitrogens with zero attached hydrogens (tertiary/aromatic N) is 3. The number of anilines is 1. The first-order valence-electron chi connectivity index (χ1n) is 9.20. The molecule has 0 amide bonds. The van der Waals surface area contributed by atoms with E-state index in [1.54, 1.807) is 24.3 Å². The van der Waals surface area contributed by atoms with Crippen molar-refractivity contribution in [2.24, 2.45) is 0 Å². The van der Waals surface area contributed by atoms with E-state index in [1.807, 2.05) is 59.5 Å². The van der Waals surface area contributed by atoms with Crippen LogP contribution in [0.25, 0.3) is 28.6 Å². The molecule has 2 heterocycles. The number of aromatic nitrogens is 2. The van der Waals surface area contributed by atoms with Crippen LogP contribution in [0.4, 0.5) is 11.4 Å². The molecule has 29 heavy (non-hydrogen) atoms. The molecule has 0 saturated heterocycles. The van der Waals surface area contributed by atoms with Crippen molar-refractivity contribution in [2.75, 3.05) is 4.90 Å². The molecule has 0 radical (unpaired) electrons. The molecular formula is C23H18N4O2. The molecule has 142 valence electrons. The first kappa shape index (κ1) is 17.4. The van der Waals surface area contributed by atoms with Crippen LogP contribution in [0.1, 0.15) is 11.4 Å². The van der Waals surface area contributed by atoms with Gasteiger partial charge in [-0.15, -0.1) is 0 Å². The van der Waals surface area contributed by atoms with Crippen molar-refractivity contribution in [3.8, 4) is 0 Å². The molecule has 4 aromatic rings. The van der Waals surface area contributed by atoms with Crippen LogP contribution in [0.3, 0.4) is 0 Å². The summed E-state index contributed by atoms with van der Waals surface area (Å²) < 4.78 is 2.06. The molecule has 5 rings (SSSR count). The van der Waals surface area contributed by atoms with Gasteiger partial charge in [0.2, 0.25) is 0 Å². The number of rotatable bonds is 3. The summed E-state index contributed by atoms with van der Waals surface area (Å²) in [5, 5.41) is 19.5. The van der Waals surface area contributed by atoms with Gasteiger partial charge < -0.3 is 10.1 Å². The molecule has 0 fully saturated rings. The lowest BCUT2D eigenvalue weighted by Crippen LogP contribution is -2.99. The number of benzene rings is 3. The number of quaternary nitrogens is 1. The summed E-state index contributed by atoms with van der Waals surface area (Å²) >= 11 is 0. The molecule has 0 bridgehead atoms. The van der Waals surface area contributed by atoms with E-state index >= 15 is 0 Å². The third kappa shape index (κ3) is 2.83. The molecule has 1 unspecified atom stereocenters. The topological polar surface area (TPSA) is 68.8 Å². The molecule has 2 N–H and O–H groups in total. The Morgan fingerprint density at radius 1 is 0.897 bits per heavy atom. The zero-order chi connectivity index (χ0) is 20.0. The molecular weight excluding hydrogens is 364 g/mol. The fraction of sp³-hybridized carbons (Fsp3) is 0. The fourth-order valence-electron chi connectivity index (χ4n) is 3.66. The fourth-order valence-corrected chi connectivity index (χ4v) is 3.66. The number of fused-ring (bicyclic) bond motifs is 3. The Labute approximate surface area is 167 Å². The van der Waals surface area contributed by atoms with Gasteiger partial charge in [0.15, 0.2) is 11.5 Å². The predicted molar refractivity (Wildman–Crippen MR) is 114 cm³/mol. The average Bonchev–Trinajstić information content (AvgIpc) is 3.13. The zero-order valence-corrected chi connectivity index (χ0v) is 15.5. The van der Waals surface area contributed by atoms with Gasteiger partial charge in [-0.05, 0) is 24.3 Å². The molecule has 0 aliphatic carbocycles. The number of hydrogen-bond donors (Lipinski definition) is 2. The minimum Gasteiger partial charge on any atom is -0.595 e. The van der Waals surface area contributed by atoms with Crippen molar-refractivity contribution in [1.82, 2.24) is 9.55 Å². The van der Waals surface area contributed by atoms with E-state index in [0.717, 1.165) is 39.5 Å². The highest BCUT2D eigenvalue weighted by molar-refractivity contribution is 6.03. The molecule has 1 aromatic heterocycles. The van der Waals surface area contributed by atoms with E-state index < -0.39 is 5.23 Å². The minimum absolute atomic E-state index is 0.244. The van der Waals surface area contributed by atoms with Crippen LogP contribution in [-0.4, -0.2) is 14.8 Å². The highest BCUT2D eigenvalue weighted by atomic mass is 16.8. The van der Waals surface area contributed by atoms with Gasteiger partial charge in [-0.25, -0.2) is 10.2 Å². The summed E-state index contributed by atoms with van der Waals surface area (Å²) in [7, 11) is 0. The quantitative estimate of drug-likeness (QED) is 0.528. The van der Waals surface area contributed by atoms with Gasteiger partial charge in [-0.2, -0.15) is 5.23 Å². The van der Waals surface area contributed by atoms with Crippen molar-refractivity contribution in [3.05, 3.63) is 102 Å². The average molecular weight is 382 g/mol. The Kier molecular flexibility index (Phi) is 4.03. The first-order valence-corrected chi connectivity index (χ1v) is 9.20. The van der Waals surface area contributed by atoms with Gasteiger partial charge in [0.25, 0.3) is 0 Å². The van der Waals surface area contributed by atoms with Crippen molar-refractivity contribution in [2.45, 2.75) is 0 Å². The minimum atomic E-state index is -0.949. The van der Waals surface area contributed by atoms with Gasteiger partial charge >= 0.3 is 0 Å². The lowest BCUT2D eigenvalue weighted by molar-refractivity contribution is -0.991. The second-order valence-electron chi connectivity index (χ2n) is 6.81. The van der Waals surface area contributed by atoms with E-state index in [-0.39, 0.29) is 5.69 Å². The summed E-state index contributed by atoms with van der Waals surface area (Å²) in [5.41, 5.74) is 5.68. The largest absolute Gasteiger partial charge is 0.595 e. The van der Waals surface area contributed by atoms with Crippen molar-refractivity contribution in [1.29, 1.82) is 0 Å². The maximum atomic E-state index is 11.2. The summed E-state index contributed by atoms with van der Waals surface area (Å²) in [4.78, 5) is 6.78. The molecule has 6 heteroatoms. The van der Waals surface area contributed by atoms with Gasteiger partial charge in [0, 0.05) is 29.6 Å². The van der Waals surface area contributed by atoms with Crippen molar-refractivity contribution in [3.63, 3.8) is 0 Å². The van der Waals surface area contributed by atoms with Crippen LogP contribution in [0, 0.1) is 5.21 Å². The Bertz CT molecular complexity index is 1240. The molecule has 1 aliphatic heterocycles. The molecule has 1 atom stereocenters. The second-order valence-corrected chi connectivity index (χ2v) is 6.81. The van der Waals surface area contributed by atoms with Crippen LogP contribution in [-0.2, 0) is 0 Å². The van der Waals surface area contributed by atoms with Crippen LogP contribution in [0.2, 0.25) is 0 Å². The SMILES string of the molecule is C=C1c2nc3ccccc3n2C=C(c2ccccc2)N1c1ccc([NH+]([O-])O)cc1. The number of hydrogen-bond acceptors (Lipinski definition) is 4. The van der Waals surface area contributed by atoms with E-state index in [9.17, 15) is 10.4 Å². The van der Waals surface area contributed by atoms with E-state index in [2.05, 4.69) is 17.3 Å². The van der Waals surface area contributed by atoms with Gasteiger partial charge in [0.1, 0.15) is 0 Å². The van der Waals surface area contributed by atoms with E-state index in [0.29, 0.717) is 0 Å². The monoisotopic (exact) mass is 382 g/mol. The van der Waals surface area contributed by atoms with Crippen LogP contribution < -0.4 is 10.1 Å². The summed E-state index contributed by atoms with van der Waals surface area (Å²) in [6.45, 7) is 4.33. The lowest BCUT2D eigenvalue weighted by Gasteiger charge is -2.33. The van der Waals surface area contributed by atoms with Gasteiger partial charge in [-0.1, -0.05) is 49.0 Å². The smallest absolute Gasteiger partial charge is 0.163 e. The standard InChI is InChI=1S/C23H18N4O2/c1-16-23-24-20-9-5-6-10-21(20)25(23)15-22(17-7-3-2-4-8-17)26(16)18-11-13-19(14-12-18)27(28)29/h2-15,27-28H,1H2. The second kappa shape index (κ2) is 6.72. The van der Waals surface area contributed by atoms with Crippen LogP contribution in [0.15, 0.2) is 85.4 Å². The molecule has 3 aromatic carbocycles. The first-order chi connectivity index (χ1) is 14.1. The number of para-hydroxylation sites is 2. The molecule has 0 spiro atoms. The van der Waals surface area contributed by atoms with Gasteiger partial charge in [0.05, 0.1) is 22.4 Å². The molecule has 6 nitrogen and oxygen atoms in total. The highest BCUT2D eigenvalue weighted by Gasteiger charge is 2.27. The number of nitrogens with one attached hydrogen (secondary N) is 1. The summed E-state index contributed by atoms with van der Waals surface area (Å²) in [5.74, 6) is 0.758. The Hall–Kier alpha value is -3.71. The predicted octanol–water partition coefficient (Wildman–Crippen LogP) is 3.89. The summed E-state index contributed by atoms with van der Waals surface area (Å²) in [6.07, 6.45) is 2.06. The Morgan fingerprint density at radius 3 is 2.31 bits per heavy atom. The number of imidazole rings is 1. The highest BCUT2D eigenvalue weighted by Crippen LogP contribution is 2.39. The molecule has 0 saturated carbocycles. The molecule has 1 aliphatic rings. The van der Waals surface area contributed by atoms with Crippen molar-refractivity contribution < 1.29 is 10.4 Å². The lowest BCUT2D eigenvalue weighted by atomic mass is 10.1. The van der Waals surface area contributed by atoms with Gasteiger partial charge in [-0.3, -0.25) is 4.57 Å². The van der Waals surface area contributed by atoms with E-state index in [1.165, 1.54) is 0 Å². The van der Waals surface area contributed by atoms with Crippen molar-refractivity contribution >= 4 is 40.0 Å². The normalized spacial score (nSPS) is 14.6. The summed E-state index contributed by atoms with van der Waals surface area (Å²) in [6, 6.07) is 24.8. The third-order valence-corrected chi connectivity index (χ3v) is 5.06. The maximum absolute atomic E-state index is 11.2. The third-order valence-electron chi connectivity index (χ3n) is 5.06. The maximum Gasteiger partial charge on any atom is 0.163 e. The van der Waals surface area contributed by atoms with Crippen LogP contribution >= 0.6 is 0 Å².